The van der Waals surface area contributed by atoms with Crippen molar-refractivity contribution in [3.05, 3.63) is 12.2 Å². The molecule has 144 valence electrons. The Hall–Kier alpha value is -0.340. The smallest absolute Gasteiger partial charge is 0.0756 e. The van der Waals surface area contributed by atoms with Crippen molar-refractivity contribution in [1.29, 1.82) is 0 Å². The molecule has 2 nitrogen and oxygen atoms in total. The summed E-state index contributed by atoms with van der Waals surface area (Å²) in [6, 6.07) is 0. The van der Waals surface area contributed by atoms with Gasteiger partial charge in [0.1, 0.15) is 0 Å². The second-order valence-electron chi connectivity index (χ2n) is 9.13. The quantitative estimate of drug-likeness (QED) is 0.620. The molecule has 1 saturated heterocycles. The summed E-state index contributed by atoms with van der Waals surface area (Å²) in [5.74, 6) is 4.12. The molecule has 0 bridgehead atoms. The minimum Gasteiger partial charge on any atom is -0.396 e. The fourth-order valence-corrected chi connectivity index (χ4v) is 5.55. The maximum Gasteiger partial charge on any atom is 0.0756 e. The van der Waals surface area contributed by atoms with Crippen LogP contribution in [0.3, 0.4) is 0 Å². The summed E-state index contributed by atoms with van der Waals surface area (Å²) >= 11 is 0. The monoisotopic (exact) mass is 348 g/mol. The highest BCUT2D eigenvalue weighted by atomic mass is 16.5. The Kier molecular flexibility index (Phi) is 7.86. The Morgan fingerprint density at radius 3 is 2.00 bits per heavy atom. The van der Waals surface area contributed by atoms with Gasteiger partial charge < -0.3 is 9.84 Å². The average Bonchev–Trinajstić information content (AvgIpc) is 2.68. The number of hydrogen-bond acceptors (Lipinski definition) is 2. The van der Waals surface area contributed by atoms with E-state index in [0.717, 1.165) is 30.3 Å². The van der Waals surface area contributed by atoms with Crippen molar-refractivity contribution < 1.29 is 9.84 Å². The molecule has 0 aromatic carbocycles. The SMILES string of the molecule is CCCC1CCC(/C=C/C2CCC(C3CCC(CO)CC3)CC2)OC1. The van der Waals surface area contributed by atoms with Crippen molar-refractivity contribution in [3.63, 3.8) is 0 Å². The first-order chi connectivity index (χ1) is 12.3. The van der Waals surface area contributed by atoms with Gasteiger partial charge in [0.15, 0.2) is 0 Å². The summed E-state index contributed by atoms with van der Waals surface area (Å²) in [5, 5.41) is 9.31. The van der Waals surface area contributed by atoms with Gasteiger partial charge in [0.05, 0.1) is 12.7 Å². The van der Waals surface area contributed by atoms with E-state index in [9.17, 15) is 5.11 Å². The van der Waals surface area contributed by atoms with Crippen LogP contribution in [-0.4, -0.2) is 24.4 Å². The first-order valence-corrected chi connectivity index (χ1v) is 11.2. The molecule has 3 fully saturated rings. The predicted molar refractivity (Wildman–Crippen MR) is 104 cm³/mol. The summed E-state index contributed by atoms with van der Waals surface area (Å²) < 4.78 is 6.06. The largest absolute Gasteiger partial charge is 0.396 e. The zero-order chi connectivity index (χ0) is 17.5. The van der Waals surface area contributed by atoms with Crippen molar-refractivity contribution in [2.75, 3.05) is 13.2 Å². The van der Waals surface area contributed by atoms with E-state index in [-0.39, 0.29) is 0 Å². The van der Waals surface area contributed by atoms with E-state index >= 15 is 0 Å². The summed E-state index contributed by atoms with van der Waals surface area (Å²) in [6.45, 7) is 3.67. The zero-order valence-corrected chi connectivity index (χ0v) is 16.4. The van der Waals surface area contributed by atoms with E-state index in [4.69, 9.17) is 4.74 Å². The van der Waals surface area contributed by atoms with Gasteiger partial charge in [-0.2, -0.15) is 0 Å². The van der Waals surface area contributed by atoms with Gasteiger partial charge in [-0.25, -0.2) is 0 Å². The molecule has 25 heavy (non-hydrogen) atoms. The molecule has 1 aliphatic heterocycles. The average molecular weight is 349 g/mol. The molecule has 3 rings (SSSR count). The Labute approximate surface area is 155 Å². The lowest BCUT2D eigenvalue weighted by atomic mass is 9.69. The fraction of sp³-hybridized carbons (Fsp3) is 0.913. The van der Waals surface area contributed by atoms with E-state index in [1.54, 1.807) is 0 Å². The Morgan fingerprint density at radius 1 is 0.800 bits per heavy atom. The molecule has 0 amide bonds. The second-order valence-corrected chi connectivity index (χ2v) is 9.13. The van der Waals surface area contributed by atoms with E-state index < -0.39 is 0 Å². The third-order valence-corrected chi connectivity index (χ3v) is 7.33. The highest BCUT2D eigenvalue weighted by Gasteiger charge is 2.30. The van der Waals surface area contributed by atoms with Crippen LogP contribution in [0.4, 0.5) is 0 Å². The predicted octanol–water partition coefficient (Wildman–Crippen LogP) is 5.74. The van der Waals surface area contributed by atoms with Crippen LogP contribution in [-0.2, 0) is 4.74 Å². The second kappa shape index (κ2) is 10.1. The molecule has 0 aromatic rings. The minimum absolute atomic E-state index is 0.389. The van der Waals surface area contributed by atoms with Crippen LogP contribution in [0.25, 0.3) is 0 Å². The van der Waals surface area contributed by atoms with Gasteiger partial charge in [-0.15, -0.1) is 0 Å². The van der Waals surface area contributed by atoms with E-state index in [1.807, 2.05) is 0 Å². The highest BCUT2D eigenvalue weighted by Crippen LogP contribution is 2.41. The fourth-order valence-electron chi connectivity index (χ4n) is 5.55. The standard InChI is InChI=1S/C23H40O2/c1-2-3-20-9-15-23(25-17-20)14-8-18-4-10-21(11-5-18)22-12-6-19(16-24)7-13-22/h8,14,18-24H,2-7,9-13,15-17H2,1H3/b14-8+. The number of allylic oxidation sites excluding steroid dienone is 1. The molecule has 2 heteroatoms. The van der Waals surface area contributed by atoms with Gasteiger partial charge in [0.2, 0.25) is 0 Å². The van der Waals surface area contributed by atoms with Crippen molar-refractivity contribution in [2.45, 2.75) is 90.1 Å². The van der Waals surface area contributed by atoms with Crippen LogP contribution >= 0.6 is 0 Å². The molecule has 0 aromatic heterocycles. The van der Waals surface area contributed by atoms with Crippen molar-refractivity contribution in [3.8, 4) is 0 Å². The first kappa shape index (κ1) is 19.4. The maximum absolute atomic E-state index is 9.31. The summed E-state index contributed by atoms with van der Waals surface area (Å²) in [5.41, 5.74) is 0. The molecule has 1 N–H and O–H groups in total. The van der Waals surface area contributed by atoms with Crippen LogP contribution in [0.5, 0.6) is 0 Å². The molecule has 1 heterocycles. The van der Waals surface area contributed by atoms with E-state index in [2.05, 4.69) is 19.1 Å². The van der Waals surface area contributed by atoms with Crippen LogP contribution in [0.2, 0.25) is 0 Å². The van der Waals surface area contributed by atoms with Gasteiger partial charge in [-0.1, -0.05) is 25.5 Å². The van der Waals surface area contributed by atoms with Crippen LogP contribution < -0.4 is 0 Å². The molecule has 2 unspecified atom stereocenters. The van der Waals surface area contributed by atoms with Gasteiger partial charge in [-0.05, 0) is 100 Å². The Bertz CT molecular complexity index is 381. The molecule has 0 radical (unpaired) electrons. The maximum atomic E-state index is 9.31. The third-order valence-electron chi connectivity index (χ3n) is 7.33. The molecule has 2 aliphatic carbocycles. The summed E-state index contributed by atoms with van der Waals surface area (Å²) in [6.07, 6.45) is 21.3. The third kappa shape index (κ3) is 5.82. The van der Waals surface area contributed by atoms with Crippen LogP contribution in [0.1, 0.15) is 84.0 Å². The molecule has 0 spiro atoms. The first-order valence-electron chi connectivity index (χ1n) is 11.2. The van der Waals surface area contributed by atoms with E-state index in [0.29, 0.717) is 18.6 Å². The van der Waals surface area contributed by atoms with Crippen LogP contribution in [0, 0.1) is 29.6 Å². The highest BCUT2D eigenvalue weighted by molar-refractivity contribution is 4.97. The lowest BCUT2D eigenvalue weighted by molar-refractivity contribution is 0.00801. The summed E-state index contributed by atoms with van der Waals surface area (Å²) in [4.78, 5) is 0. The number of ether oxygens (including phenoxy) is 1. The number of aliphatic hydroxyl groups is 1. The van der Waals surface area contributed by atoms with Gasteiger partial charge in [0, 0.05) is 6.61 Å². The van der Waals surface area contributed by atoms with Crippen molar-refractivity contribution >= 4 is 0 Å². The normalized spacial score (nSPS) is 40.4. The van der Waals surface area contributed by atoms with Gasteiger partial charge in [-0.3, -0.25) is 0 Å². The summed E-state index contributed by atoms with van der Waals surface area (Å²) in [7, 11) is 0. The Balaban J connectivity index is 1.34. The number of rotatable bonds is 6. The molecule has 3 aliphatic rings. The molecular weight excluding hydrogens is 308 g/mol. The van der Waals surface area contributed by atoms with Gasteiger partial charge in [0.25, 0.3) is 0 Å². The minimum atomic E-state index is 0.389. The number of aliphatic hydroxyl groups excluding tert-OH is 1. The molecule has 2 saturated carbocycles. The van der Waals surface area contributed by atoms with E-state index in [1.165, 1.54) is 77.0 Å². The molecule has 2 atom stereocenters. The van der Waals surface area contributed by atoms with Crippen LogP contribution in [0.15, 0.2) is 12.2 Å². The zero-order valence-electron chi connectivity index (χ0n) is 16.4. The number of hydrogen-bond donors (Lipinski definition) is 1. The van der Waals surface area contributed by atoms with Gasteiger partial charge >= 0.3 is 0 Å². The van der Waals surface area contributed by atoms with Crippen molar-refractivity contribution in [2.24, 2.45) is 29.6 Å². The lowest BCUT2D eigenvalue weighted by Crippen LogP contribution is -2.27. The molecular formula is C23H40O2. The topological polar surface area (TPSA) is 29.5 Å². The lowest BCUT2D eigenvalue weighted by Gasteiger charge is -2.37. The van der Waals surface area contributed by atoms with Crippen molar-refractivity contribution in [1.82, 2.24) is 0 Å². The Morgan fingerprint density at radius 2 is 1.44 bits per heavy atom.